The van der Waals surface area contributed by atoms with E-state index < -0.39 is 0 Å². The van der Waals surface area contributed by atoms with Gasteiger partial charge in [-0.25, -0.2) is 0 Å². The summed E-state index contributed by atoms with van der Waals surface area (Å²) in [5.41, 5.74) is 0.441. The van der Waals surface area contributed by atoms with E-state index in [1.165, 1.54) is 6.07 Å². The normalized spacial score (nSPS) is 9.65. The number of phenolic OH excluding ortho intramolecular Hbond substituents is 1. The Morgan fingerprint density at radius 1 is 1.18 bits per heavy atom. The van der Waals surface area contributed by atoms with Crippen LogP contribution in [-0.4, -0.2) is 5.11 Å². The standard InChI is InChI=1S/C13H8BrNO2/c14-10-5-4-9(8-15)13(6-10)17-12-3-1-2-11(16)7-12/h1-7,16H. The van der Waals surface area contributed by atoms with E-state index in [1.807, 2.05) is 6.07 Å². The zero-order valence-electron chi connectivity index (χ0n) is 8.72. The van der Waals surface area contributed by atoms with Crippen molar-refractivity contribution in [2.75, 3.05) is 0 Å². The second kappa shape index (κ2) is 4.89. The smallest absolute Gasteiger partial charge is 0.146 e. The molecule has 0 unspecified atom stereocenters. The van der Waals surface area contributed by atoms with Crippen molar-refractivity contribution in [2.45, 2.75) is 0 Å². The van der Waals surface area contributed by atoms with Crippen molar-refractivity contribution in [2.24, 2.45) is 0 Å². The predicted molar refractivity (Wildman–Crippen MR) is 67.0 cm³/mol. The van der Waals surface area contributed by atoms with E-state index >= 15 is 0 Å². The Labute approximate surface area is 107 Å². The molecule has 0 aromatic heterocycles. The molecule has 2 aromatic rings. The maximum Gasteiger partial charge on any atom is 0.146 e. The third-order valence-corrected chi connectivity index (χ3v) is 2.60. The van der Waals surface area contributed by atoms with E-state index in [0.29, 0.717) is 17.1 Å². The van der Waals surface area contributed by atoms with E-state index in [0.717, 1.165) is 4.47 Å². The van der Waals surface area contributed by atoms with Crippen molar-refractivity contribution in [1.29, 1.82) is 5.26 Å². The van der Waals surface area contributed by atoms with Crippen molar-refractivity contribution in [3.63, 3.8) is 0 Å². The first-order chi connectivity index (χ1) is 8.19. The maximum absolute atomic E-state index is 9.32. The fourth-order valence-corrected chi connectivity index (χ4v) is 1.69. The molecule has 0 bridgehead atoms. The topological polar surface area (TPSA) is 53.2 Å². The van der Waals surface area contributed by atoms with Gasteiger partial charge in [-0.2, -0.15) is 5.26 Å². The molecule has 2 aromatic carbocycles. The van der Waals surface area contributed by atoms with Gasteiger partial charge >= 0.3 is 0 Å². The summed E-state index contributed by atoms with van der Waals surface area (Å²) < 4.78 is 6.38. The zero-order chi connectivity index (χ0) is 12.3. The van der Waals surface area contributed by atoms with Crippen LogP contribution in [0.2, 0.25) is 0 Å². The first-order valence-corrected chi connectivity index (χ1v) is 5.65. The second-order valence-corrected chi connectivity index (χ2v) is 4.27. The number of aromatic hydroxyl groups is 1. The van der Waals surface area contributed by atoms with E-state index in [4.69, 9.17) is 10.00 Å². The van der Waals surface area contributed by atoms with Gasteiger partial charge in [0.25, 0.3) is 0 Å². The van der Waals surface area contributed by atoms with E-state index in [-0.39, 0.29) is 5.75 Å². The van der Waals surface area contributed by atoms with E-state index in [1.54, 1.807) is 36.4 Å². The van der Waals surface area contributed by atoms with Crippen molar-refractivity contribution in [1.82, 2.24) is 0 Å². The fourth-order valence-electron chi connectivity index (χ4n) is 1.35. The molecule has 0 aliphatic heterocycles. The molecule has 0 aliphatic carbocycles. The number of phenols is 1. The molecule has 0 atom stereocenters. The fraction of sp³-hybridized carbons (Fsp3) is 0. The van der Waals surface area contributed by atoms with Gasteiger partial charge in [0.2, 0.25) is 0 Å². The lowest BCUT2D eigenvalue weighted by Crippen LogP contribution is -1.88. The molecule has 84 valence electrons. The molecule has 1 N–H and O–H groups in total. The lowest BCUT2D eigenvalue weighted by molar-refractivity contribution is 0.454. The Balaban J connectivity index is 2.36. The summed E-state index contributed by atoms with van der Waals surface area (Å²) in [6, 6.07) is 13.6. The molecule has 3 nitrogen and oxygen atoms in total. The SMILES string of the molecule is N#Cc1ccc(Br)cc1Oc1cccc(O)c1. The van der Waals surface area contributed by atoms with Crippen LogP contribution in [0.25, 0.3) is 0 Å². The van der Waals surface area contributed by atoms with Gasteiger partial charge in [-0.15, -0.1) is 0 Å². The Bertz CT molecular complexity index is 590. The summed E-state index contributed by atoms with van der Waals surface area (Å²) in [5, 5.41) is 18.3. The molecule has 4 heteroatoms. The van der Waals surface area contributed by atoms with Gasteiger partial charge in [-0.1, -0.05) is 22.0 Å². The highest BCUT2D eigenvalue weighted by Crippen LogP contribution is 2.29. The molecule has 0 saturated carbocycles. The Kier molecular flexibility index (Phi) is 3.31. The molecule has 0 saturated heterocycles. The Morgan fingerprint density at radius 2 is 2.00 bits per heavy atom. The minimum Gasteiger partial charge on any atom is -0.508 e. The van der Waals surface area contributed by atoms with Crippen LogP contribution >= 0.6 is 15.9 Å². The van der Waals surface area contributed by atoms with Gasteiger partial charge < -0.3 is 9.84 Å². The number of benzene rings is 2. The minimum atomic E-state index is 0.121. The number of ether oxygens (including phenoxy) is 1. The van der Waals surface area contributed by atoms with Gasteiger partial charge in [-0.3, -0.25) is 0 Å². The van der Waals surface area contributed by atoms with Crippen LogP contribution in [0, 0.1) is 11.3 Å². The van der Waals surface area contributed by atoms with Crippen LogP contribution in [0.4, 0.5) is 0 Å². The van der Waals surface area contributed by atoms with E-state index in [2.05, 4.69) is 15.9 Å². The summed E-state index contributed by atoms with van der Waals surface area (Å²) in [7, 11) is 0. The summed E-state index contributed by atoms with van der Waals surface area (Å²) in [4.78, 5) is 0. The average Bonchev–Trinajstić information content (AvgIpc) is 2.29. The molecule has 0 radical (unpaired) electrons. The van der Waals surface area contributed by atoms with Crippen LogP contribution in [0.15, 0.2) is 46.9 Å². The highest BCUT2D eigenvalue weighted by molar-refractivity contribution is 9.10. The van der Waals surface area contributed by atoms with Gasteiger partial charge in [0.15, 0.2) is 0 Å². The van der Waals surface area contributed by atoms with Crippen LogP contribution in [-0.2, 0) is 0 Å². The summed E-state index contributed by atoms with van der Waals surface area (Å²) >= 11 is 3.31. The number of rotatable bonds is 2. The second-order valence-electron chi connectivity index (χ2n) is 3.35. The summed E-state index contributed by atoms with van der Waals surface area (Å²) in [5.74, 6) is 1.06. The van der Waals surface area contributed by atoms with Gasteiger partial charge in [-0.05, 0) is 30.3 Å². The highest BCUT2D eigenvalue weighted by Gasteiger charge is 2.05. The number of nitrogens with zero attached hydrogens (tertiary/aromatic N) is 1. The minimum absolute atomic E-state index is 0.121. The van der Waals surface area contributed by atoms with E-state index in [9.17, 15) is 5.11 Å². The quantitative estimate of drug-likeness (QED) is 0.914. The molecule has 0 heterocycles. The summed E-state index contributed by atoms with van der Waals surface area (Å²) in [6.07, 6.45) is 0. The molecule has 2 rings (SSSR count). The molecule has 0 amide bonds. The number of halogens is 1. The van der Waals surface area contributed by atoms with Crippen LogP contribution < -0.4 is 4.74 Å². The predicted octanol–water partition coefficient (Wildman–Crippen LogP) is 3.82. The van der Waals surface area contributed by atoms with Gasteiger partial charge in [0.05, 0.1) is 5.56 Å². The first-order valence-electron chi connectivity index (χ1n) is 4.85. The molecule has 0 aliphatic rings. The lowest BCUT2D eigenvalue weighted by Gasteiger charge is -2.07. The van der Waals surface area contributed by atoms with Crippen LogP contribution in [0.5, 0.6) is 17.2 Å². The zero-order valence-corrected chi connectivity index (χ0v) is 10.3. The van der Waals surface area contributed by atoms with Gasteiger partial charge in [0.1, 0.15) is 23.3 Å². The monoisotopic (exact) mass is 289 g/mol. The average molecular weight is 290 g/mol. The summed E-state index contributed by atoms with van der Waals surface area (Å²) in [6.45, 7) is 0. The first kappa shape index (κ1) is 11.5. The van der Waals surface area contributed by atoms with Gasteiger partial charge in [0, 0.05) is 10.5 Å². The third-order valence-electron chi connectivity index (χ3n) is 2.11. The van der Waals surface area contributed by atoms with Crippen molar-refractivity contribution >= 4 is 15.9 Å². The van der Waals surface area contributed by atoms with Crippen LogP contribution in [0.1, 0.15) is 5.56 Å². The van der Waals surface area contributed by atoms with Crippen molar-refractivity contribution in [3.8, 4) is 23.3 Å². The van der Waals surface area contributed by atoms with Crippen molar-refractivity contribution < 1.29 is 9.84 Å². The Morgan fingerprint density at radius 3 is 2.71 bits per heavy atom. The molecular weight excluding hydrogens is 282 g/mol. The highest BCUT2D eigenvalue weighted by atomic mass is 79.9. The molecule has 17 heavy (non-hydrogen) atoms. The number of hydrogen-bond acceptors (Lipinski definition) is 3. The van der Waals surface area contributed by atoms with Crippen molar-refractivity contribution in [3.05, 3.63) is 52.5 Å². The number of hydrogen-bond donors (Lipinski definition) is 1. The maximum atomic E-state index is 9.32. The molecule has 0 spiro atoms. The lowest BCUT2D eigenvalue weighted by atomic mass is 10.2. The Hall–Kier alpha value is -1.99. The largest absolute Gasteiger partial charge is 0.508 e. The molecule has 0 fully saturated rings. The third kappa shape index (κ3) is 2.77. The number of nitriles is 1. The molecular formula is C13H8BrNO2. The van der Waals surface area contributed by atoms with Crippen LogP contribution in [0.3, 0.4) is 0 Å².